The highest BCUT2D eigenvalue weighted by Gasteiger charge is 2.44. The molecule has 0 saturated carbocycles. The lowest BCUT2D eigenvalue weighted by molar-refractivity contribution is -0.378. The van der Waals surface area contributed by atoms with Gasteiger partial charge in [-0.1, -0.05) is 48.2 Å². The summed E-state index contributed by atoms with van der Waals surface area (Å²) in [5, 5.41) is 14.0. The highest BCUT2D eigenvalue weighted by atomic mass is 16.6. The molecule has 1 saturated heterocycles. The van der Waals surface area contributed by atoms with Crippen LogP contribution in [-0.4, -0.2) is 36.4 Å². The first-order valence-corrected chi connectivity index (χ1v) is 14.1. The fourth-order valence-electron chi connectivity index (χ4n) is 5.26. The molecule has 6 rings (SSSR count). The van der Waals surface area contributed by atoms with E-state index in [1.54, 1.807) is 48.8 Å². The van der Waals surface area contributed by atoms with Crippen LogP contribution in [0.25, 0.3) is 5.76 Å². The van der Waals surface area contributed by atoms with Crippen molar-refractivity contribution in [1.82, 2.24) is 4.90 Å². The standard InChI is InChI=1S/C34H30N2O7/c1-2-40-28-17-24(10-12-27(28)43-21-22-7-4-3-5-8-22)31-30(32(37)25-11-13-26-29(18-25)42-16-15-41-26)33(38)34(39)36(31)20-23-9-6-14-35-19-23/h3-14,17-19,31,37H,2,15-16,20-21H2,1H3/b32-30+. The highest BCUT2D eigenvalue weighted by molar-refractivity contribution is 6.46. The minimum Gasteiger partial charge on any atom is -0.872 e. The number of hydrogen-bond donors (Lipinski definition) is 0. The molecule has 2 aliphatic rings. The zero-order valence-electron chi connectivity index (χ0n) is 23.6. The topological polar surface area (TPSA) is 111 Å². The van der Waals surface area contributed by atoms with Crippen molar-refractivity contribution in [3.8, 4) is 23.0 Å². The van der Waals surface area contributed by atoms with Crippen molar-refractivity contribution >= 4 is 17.4 Å². The number of aromatic nitrogens is 1. The molecule has 1 aromatic heterocycles. The molecule has 0 bridgehead atoms. The molecule has 1 atom stereocenters. The number of carbonyl (C=O) groups is 2. The number of nitrogens with one attached hydrogen (secondary N) is 1. The summed E-state index contributed by atoms with van der Waals surface area (Å²) >= 11 is 0. The van der Waals surface area contributed by atoms with Gasteiger partial charge in [-0.25, -0.2) is 4.98 Å². The number of nitrogens with zero attached hydrogens (tertiary/aromatic N) is 1. The fraction of sp³-hybridized carbons (Fsp3) is 0.206. The van der Waals surface area contributed by atoms with Gasteiger partial charge in [0.25, 0.3) is 5.91 Å². The minimum absolute atomic E-state index is 0.112. The van der Waals surface area contributed by atoms with E-state index in [4.69, 9.17) is 18.9 Å². The van der Waals surface area contributed by atoms with E-state index in [1.807, 2.05) is 49.4 Å². The van der Waals surface area contributed by atoms with Gasteiger partial charge in [-0.05, 0) is 53.9 Å². The number of ether oxygens (including phenoxy) is 4. The van der Waals surface area contributed by atoms with E-state index in [0.717, 1.165) is 11.1 Å². The number of ketones is 1. The van der Waals surface area contributed by atoms with Gasteiger partial charge >= 0.3 is 0 Å². The Morgan fingerprint density at radius 3 is 2.47 bits per heavy atom. The van der Waals surface area contributed by atoms with E-state index in [9.17, 15) is 14.7 Å². The third-order valence-corrected chi connectivity index (χ3v) is 7.28. The van der Waals surface area contributed by atoms with Gasteiger partial charge in [-0.15, -0.1) is 0 Å². The second kappa shape index (κ2) is 12.3. The molecule has 0 aliphatic carbocycles. The summed E-state index contributed by atoms with van der Waals surface area (Å²) < 4.78 is 23.3. The quantitative estimate of drug-likeness (QED) is 0.169. The van der Waals surface area contributed by atoms with Crippen molar-refractivity contribution in [3.05, 3.63) is 119 Å². The maximum absolute atomic E-state index is 14.0. The molecule has 9 nitrogen and oxygen atoms in total. The van der Waals surface area contributed by atoms with Gasteiger partial charge < -0.3 is 29.0 Å². The average Bonchev–Trinajstić information content (AvgIpc) is 3.29. The summed E-state index contributed by atoms with van der Waals surface area (Å²) in [6, 6.07) is 22.5. The number of pyridine rings is 1. The Bertz CT molecular complexity index is 1670. The van der Waals surface area contributed by atoms with E-state index in [1.165, 1.54) is 4.90 Å². The Labute approximate surface area is 248 Å². The molecular formula is C34H30N2O7. The van der Waals surface area contributed by atoms with Crippen molar-refractivity contribution in [1.29, 1.82) is 0 Å². The van der Waals surface area contributed by atoms with Crippen LogP contribution in [-0.2, 0) is 22.7 Å². The SMILES string of the molecule is CCOc1cc(C2/C(=C(\[O-])c3ccc4c(c3)OCCO4)C(=O)C(=O)N2Cc2ccc[nH+]c2)ccc1OCc1ccccc1. The lowest BCUT2D eigenvalue weighted by Crippen LogP contribution is -2.29. The second-order valence-electron chi connectivity index (χ2n) is 10.1. The van der Waals surface area contributed by atoms with Gasteiger partial charge in [0.15, 0.2) is 35.4 Å². The monoisotopic (exact) mass is 578 g/mol. The predicted molar refractivity (Wildman–Crippen MR) is 154 cm³/mol. The molecule has 3 heterocycles. The summed E-state index contributed by atoms with van der Waals surface area (Å²) in [4.78, 5) is 31.5. The number of hydrogen-bond acceptors (Lipinski definition) is 7. The number of aromatic amines is 1. The number of amides is 1. The van der Waals surface area contributed by atoms with E-state index in [-0.39, 0.29) is 17.7 Å². The molecule has 1 fully saturated rings. The summed E-state index contributed by atoms with van der Waals surface area (Å²) in [6.07, 6.45) is 3.50. The third kappa shape index (κ3) is 5.74. The lowest BCUT2D eigenvalue weighted by Gasteiger charge is -2.28. The van der Waals surface area contributed by atoms with Crippen LogP contribution in [0.4, 0.5) is 0 Å². The fourth-order valence-corrected chi connectivity index (χ4v) is 5.26. The van der Waals surface area contributed by atoms with Crippen molar-refractivity contribution in [3.63, 3.8) is 0 Å². The Morgan fingerprint density at radius 1 is 0.907 bits per heavy atom. The molecule has 0 radical (unpaired) electrons. The van der Waals surface area contributed by atoms with E-state index in [0.29, 0.717) is 55.0 Å². The molecule has 9 heteroatoms. The normalized spacial score (nSPS) is 17.1. The number of benzene rings is 3. The largest absolute Gasteiger partial charge is 0.872 e. The van der Waals surface area contributed by atoms with Crippen LogP contribution in [0, 0.1) is 0 Å². The molecular weight excluding hydrogens is 548 g/mol. The molecule has 218 valence electrons. The Hall–Kier alpha value is -5.31. The number of rotatable bonds is 9. The van der Waals surface area contributed by atoms with E-state index in [2.05, 4.69) is 4.98 Å². The van der Waals surface area contributed by atoms with Crippen LogP contribution >= 0.6 is 0 Å². The zero-order chi connectivity index (χ0) is 29.8. The number of Topliss-reactive ketones (excluding diaryl/α,β-unsaturated/α-hetero) is 1. The van der Waals surface area contributed by atoms with Crippen molar-refractivity contribution < 1.29 is 38.6 Å². The zero-order valence-corrected chi connectivity index (χ0v) is 23.6. The number of carbonyl (C=O) groups excluding carboxylic acids is 2. The van der Waals surface area contributed by atoms with E-state index < -0.39 is 23.5 Å². The van der Waals surface area contributed by atoms with Crippen LogP contribution in [0.15, 0.2) is 96.8 Å². The summed E-state index contributed by atoms with van der Waals surface area (Å²) in [6.45, 7) is 3.42. The average molecular weight is 579 g/mol. The van der Waals surface area contributed by atoms with Gasteiger partial charge in [-0.3, -0.25) is 9.59 Å². The molecule has 1 N–H and O–H groups in total. The van der Waals surface area contributed by atoms with E-state index >= 15 is 0 Å². The van der Waals surface area contributed by atoms with Gasteiger partial charge in [0.2, 0.25) is 5.78 Å². The van der Waals surface area contributed by atoms with Crippen molar-refractivity contribution in [2.75, 3.05) is 19.8 Å². The molecule has 4 aromatic rings. The smallest absolute Gasteiger partial charge is 0.295 e. The highest BCUT2D eigenvalue weighted by Crippen LogP contribution is 2.43. The van der Waals surface area contributed by atoms with Crippen LogP contribution in [0.1, 0.15) is 35.2 Å². The number of fused-ring (bicyclic) bond motifs is 1. The molecule has 43 heavy (non-hydrogen) atoms. The Balaban J connectivity index is 1.43. The summed E-state index contributed by atoms with van der Waals surface area (Å²) in [7, 11) is 0. The maximum atomic E-state index is 14.0. The number of H-pyrrole nitrogens is 1. The van der Waals surface area contributed by atoms with Crippen LogP contribution in [0.3, 0.4) is 0 Å². The third-order valence-electron chi connectivity index (χ3n) is 7.28. The first-order chi connectivity index (χ1) is 21.0. The van der Waals surface area contributed by atoms with Crippen molar-refractivity contribution in [2.45, 2.75) is 26.1 Å². The molecule has 3 aromatic carbocycles. The summed E-state index contributed by atoms with van der Waals surface area (Å²) in [5.41, 5.74) is 2.41. The van der Waals surface area contributed by atoms with Gasteiger partial charge in [-0.2, -0.15) is 0 Å². The van der Waals surface area contributed by atoms with Gasteiger partial charge in [0.1, 0.15) is 19.8 Å². The van der Waals surface area contributed by atoms with Crippen LogP contribution in [0.5, 0.6) is 23.0 Å². The Morgan fingerprint density at radius 2 is 1.70 bits per heavy atom. The number of likely N-dealkylation sites (tertiary alicyclic amines) is 1. The second-order valence-corrected chi connectivity index (χ2v) is 10.1. The minimum atomic E-state index is -0.955. The lowest BCUT2D eigenvalue weighted by atomic mass is 9.94. The van der Waals surface area contributed by atoms with Crippen molar-refractivity contribution in [2.24, 2.45) is 0 Å². The molecule has 0 spiro atoms. The first-order valence-electron chi connectivity index (χ1n) is 14.1. The first kappa shape index (κ1) is 27.8. The molecule has 1 unspecified atom stereocenters. The van der Waals surface area contributed by atoms with Crippen LogP contribution in [0.2, 0.25) is 0 Å². The Kier molecular flexibility index (Phi) is 7.95. The summed E-state index contributed by atoms with van der Waals surface area (Å²) in [5.74, 6) is -0.251. The van der Waals surface area contributed by atoms with Crippen LogP contribution < -0.4 is 29.0 Å². The maximum Gasteiger partial charge on any atom is 0.295 e. The van der Waals surface area contributed by atoms with Gasteiger partial charge in [0.05, 0.1) is 19.2 Å². The van der Waals surface area contributed by atoms with Gasteiger partial charge in [0, 0.05) is 17.2 Å². The predicted octanol–water partition coefficient (Wildman–Crippen LogP) is 3.67. The molecule has 2 aliphatic heterocycles. The molecule has 1 amide bonds.